The van der Waals surface area contributed by atoms with E-state index < -0.39 is 0 Å². The van der Waals surface area contributed by atoms with Crippen LogP contribution in [0.2, 0.25) is 0 Å². The van der Waals surface area contributed by atoms with Crippen LogP contribution in [0.15, 0.2) is 29.0 Å². The molecule has 2 amide bonds. The fourth-order valence-electron chi connectivity index (χ4n) is 1.38. The number of furan rings is 1. The van der Waals surface area contributed by atoms with Crippen molar-refractivity contribution in [2.24, 2.45) is 0 Å². The topological polar surface area (TPSA) is 89.3 Å². The largest absolute Gasteiger partial charge is 0.467 e. The Balaban J connectivity index is 1.94. The Bertz CT molecular complexity index is 471. The first-order chi connectivity index (χ1) is 8.79. The summed E-state index contributed by atoms with van der Waals surface area (Å²) < 4.78 is 13.9. The number of anilines is 1. The summed E-state index contributed by atoms with van der Waals surface area (Å²) in [6, 6.07) is 2.83. The monoisotopic (exact) mass is 268 g/mol. The molecule has 2 heterocycles. The van der Waals surface area contributed by atoms with E-state index in [9.17, 15) is 4.79 Å². The van der Waals surface area contributed by atoms with Crippen LogP contribution >= 0.6 is 11.5 Å². The van der Waals surface area contributed by atoms with E-state index in [1.54, 1.807) is 25.5 Å². The molecule has 0 unspecified atom stereocenters. The van der Waals surface area contributed by atoms with E-state index in [0.29, 0.717) is 17.4 Å². The van der Waals surface area contributed by atoms with Crippen LogP contribution in [0.4, 0.5) is 9.80 Å². The van der Waals surface area contributed by atoms with Gasteiger partial charge in [0.25, 0.3) is 0 Å². The van der Waals surface area contributed by atoms with Gasteiger partial charge in [-0.2, -0.15) is 0 Å². The van der Waals surface area contributed by atoms with Crippen molar-refractivity contribution in [3.8, 4) is 0 Å². The number of aromatic nitrogens is 2. The maximum atomic E-state index is 11.7. The van der Waals surface area contributed by atoms with Crippen LogP contribution < -0.4 is 10.6 Å². The minimum Gasteiger partial charge on any atom is -0.467 e. The predicted molar refractivity (Wildman–Crippen MR) is 65.4 cm³/mol. The molecule has 96 valence electrons. The lowest BCUT2D eigenvalue weighted by Gasteiger charge is -2.15. The molecule has 8 heteroatoms. The maximum absolute atomic E-state index is 11.7. The van der Waals surface area contributed by atoms with Crippen molar-refractivity contribution in [2.45, 2.75) is 6.04 Å². The van der Waals surface area contributed by atoms with Gasteiger partial charge in [0.15, 0.2) is 0 Å². The molecule has 0 aliphatic heterocycles. The van der Waals surface area contributed by atoms with Gasteiger partial charge in [-0.15, -0.1) is 5.10 Å². The Morgan fingerprint density at radius 3 is 3.17 bits per heavy atom. The third kappa shape index (κ3) is 3.28. The Morgan fingerprint density at radius 1 is 1.67 bits per heavy atom. The highest BCUT2D eigenvalue weighted by atomic mass is 32.1. The second kappa shape index (κ2) is 6.12. The number of rotatable bonds is 5. The maximum Gasteiger partial charge on any atom is 0.320 e. The number of carbonyl (C=O) groups is 1. The van der Waals surface area contributed by atoms with Crippen molar-refractivity contribution in [2.75, 3.05) is 19.0 Å². The molecule has 0 aliphatic carbocycles. The van der Waals surface area contributed by atoms with Crippen LogP contribution in [0.25, 0.3) is 0 Å². The molecule has 2 aromatic heterocycles. The van der Waals surface area contributed by atoms with Gasteiger partial charge in [-0.05, 0) is 12.1 Å². The van der Waals surface area contributed by atoms with Crippen molar-refractivity contribution in [3.05, 3.63) is 30.4 Å². The number of nitrogens with one attached hydrogen (secondary N) is 2. The molecular weight excluding hydrogens is 256 g/mol. The van der Waals surface area contributed by atoms with Gasteiger partial charge in [-0.3, -0.25) is 5.32 Å². The Labute approximate surface area is 107 Å². The minimum absolute atomic E-state index is 0.321. The number of amides is 2. The highest BCUT2D eigenvalue weighted by molar-refractivity contribution is 7.10. The smallest absolute Gasteiger partial charge is 0.320 e. The first-order valence-electron chi connectivity index (χ1n) is 5.17. The van der Waals surface area contributed by atoms with Crippen LogP contribution in [-0.4, -0.2) is 29.3 Å². The summed E-state index contributed by atoms with van der Waals surface area (Å²) in [6.07, 6.45) is 3.02. The van der Waals surface area contributed by atoms with Crippen LogP contribution in [0.3, 0.4) is 0 Å². The van der Waals surface area contributed by atoms with Gasteiger partial charge >= 0.3 is 6.03 Å². The standard InChI is InChI=1S/C10H12N4O3S/c1-16-6-7(8-3-2-4-17-8)12-10(15)13-9-5-11-14-18-9/h2-5,7H,6H2,1H3,(H2,12,13,15)/t7-/m0/s1. The van der Waals surface area contributed by atoms with Crippen molar-refractivity contribution >= 4 is 22.6 Å². The van der Waals surface area contributed by atoms with Crippen molar-refractivity contribution in [1.82, 2.24) is 14.9 Å². The summed E-state index contributed by atoms with van der Waals surface area (Å²) in [4.78, 5) is 11.7. The molecule has 0 saturated heterocycles. The number of carbonyl (C=O) groups excluding carboxylic acids is 1. The van der Waals surface area contributed by atoms with Gasteiger partial charge in [0.05, 0.1) is 19.1 Å². The van der Waals surface area contributed by atoms with Gasteiger partial charge in [-0.25, -0.2) is 4.79 Å². The highest BCUT2D eigenvalue weighted by Crippen LogP contribution is 2.14. The molecule has 0 radical (unpaired) electrons. The number of urea groups is 1. The van der Waals surface area contributed by atoms with Crippen molar-refractivity contribution in [3.63, 3.8) is 0 Å². The Kier molecular flexibility index (Phi) is 4.26. The van der Waals surface area contributed by atoms with E-state index in [1.807, 2.05) is 0 Å². The third-order valence-corrected chi connectivity index (χ3v) is 2.70. The molecule has 1 atom stereocenters. The predicted octanol–water partition coefficient (Wildman–Crippen LogP) is 1.64. The summed E-state index contributed by atoms with van der Waals surface area (Å²) >= 11 is 1.10. The lowest BCUT2D eigenvalue weighted by Crippen LogP contribution is -2.34. The lowest BCUT2D eigenvalue weighted by molar-refractivity contribution is 0.159. The number of methoxy groups -OCH3 is 1. The second-order valence-corrected chi connectivity index (χ2v) is 4.19. The zero-order valence-electron chi connectivity index (χ0n) is 9.62. The average Bonchev–Trinajstić information content (AvgIpc) is 3.00. The zero-order valence-corrected chi connectivity index (χ0v) is 10.4. The average molecular weight is 268 g/mol. The molecular formula is C10H12N4O3S. The molecule has 0 spiro atoms. The van der Waals surface area contributed by atoms with Gasteiger partial charge in [0.2, 0.25) is 0 Å². The SMILES string of the molecule is COC[C@H](NC(=O)Nc1cnns1)c1ccco1. The molecule has 18 heavy (non-hydrogen) atoms. The van der Waals surface area contributed by atoms with E-state index in [0.717, 1.165) is 11.5 Å². The number of hydrogen-bond acceptors (Lipinski definition) is 6. The van der Waals surface area contributed by atoms with E-state index in [1.165, 1.54) is 6.20 Å². The third-order valence-electron chi connectivity index (χ3n) is 2.12. The summed E-state index contributed by atoms with van der Waals surface area (Å²) in [5.41, 5.74) is 0. The molecule has 0 aromatic carbocycles. The second-order valence-electron chi connectivity index (χ2n) is 3.40. The number of hydrogen-bond donors (Lipinski definition) is 2. The Hall–Kier alpha value is -1.93. The van der Waals surface area contributed by atoms with Crippen LogP contribution in [0.1, 0.15) is 11.8 Å². The quantitative estimate of drug-likeness (QED) is 0.860. The molecule has 2 rings (SSSR count). The molecule has 0 saturated carbocycles. The fourth-order valence-corrected chi connectivity index (χ4v) is 1.79. The van der Waals surface area contributed by atoms with Crippen molar-refractivity contribution in [1.29, 1.82) is 0 Å². The summed E-state index contributed by atoms with van der Waals surface area (Å²) in [7, 11) is 1.56. The molecule has 0 fully saturated rings. The van der Waals surface area contributed by atoms with Gasteiger partial charge in [-0.1, -0.05) is 4.49 Å². The number of nitrogens with zero attached hydrogens (tertiary/aromatic N) is 2. The summed E-state index contributed by atoms with van der Waals surface area (Å²) in [5.74, 6) is 0.634. The van der Waals surface area contributed by atoms with Gasteiger partial charge in [0, 0.05) is 18.6 Å². The van der Waals surface area contributed by atoms with Gasteiger partial charge < -0.3 is 14.5 Å². The van der Waals surface area contributed by atoms with E-state index in [2.05, 4.69) is 20.2 Å². The minimum atomic E-state index is -0.362. The molecule has 0 bridgehead atoms. The normalized spacial score (nSPS) is 12.1. The summed E-state index contributed by atoms with van der Waals surface area (Å²) in [6.45, 7) is 0.321. The van der Waals surface area contributed by atoms with Crippen LogP contribution in [0, 0.1) is 0 Å². The van der Waals surface area contributed by atoms with Crippen LogP contribution in [0.5, 0.6) is 0 Å². The van der Waals surface area contributed by atoms with E-state index >= 15 is 0 Å². The molecule has 2 N–H and O–H groups in total. The zero-order chi connectivity index (χ0) is 12.8. The Morgan fingerprint density at radius 2 is 2.56 bits per heavy atom. The van der Waals surface area contributed by atoms with E-state index in [4.69, 9.17) is 9.15 Å². The first-order valence-corrected chi connectivity index (χ1v) is 5.94. The first kappa shape index (κ1) is 12.5. The number of ether oxygens (including phenoxy) is 1. The van der Waals surface area contributed by atoms with Crippen molar-refractivity contribution < 1.29 is 13.9 Å². The van der Waals surface area contributed by atoms with E-state index in [-0.39, 0.29) is 12.1 Å². The van der Waals surface area contributed by atoms with Crippen LogP contribution in [-0.2, 0) is 4.74 Å². The fraction of sp³-hybridized carbons (Fsp3) is 0.300. The van der Waals surface area contributed by atoms with Gasteiger partial charge in [0.1, 0.15) is 16.8 Å². The molecule has 2 aromatic rings. The lowest BCUT2D eigenvalue weighted by atomic mass is 10.2. The molecule has 0 aliphatic rings. The highest BCUT2D eigenvalue weighted by Gasteiger charge is 2.17. The summed E-state index contributed by atoms with van der Waals surface area (Å²) in [5, 5.41) is 9.56. The molecule has 7 nitrogen and oxygen atoms in total.